The fraction of sp³-hybridized carbons (Fsp3) is 0.583. The zero-order chi connectivity index (χ0) is 21.5. The maximum Gasteiger partial charge on any atom is 0.208 e. The number of rotatable bonds is 7. The molecule has 1 aliphatic heterocycles. The van der Waals surface area contributed by atoms with Crippen LogP contribution in [0.1, 0.15) is 61.2 Å². The second kappa shape index (κ2) is 12.4. The summed E-state index contributed by atoms with van der Waals surface area (Å²) in [6.45, 7) is 15.1. The number of hydrogen-bond donors (Lipinski definition) is 2. The van der Waals surface area contributed by atoms with E-state index in [0.29, 0.717) is 5.92 Å². The van der Waals surface area contributed by atoms with E-state index in [9.17, 15) is 0 Å². The van der Waals surface area contributed by atoms with Crippen LogP contribution in [-0.4, -0.2) is 42.0 Å². The van der Waals surface area contributed by atoms with Crippen LogP contribution in [0, 0.1) is 26.7 Å². The van der Waals surface area contributed by atoms with E-state index in [1.807, 2.05) is 13.8 Å². The number of aromatic nitrogens is 1. The standard InChI is InChI=1S/C24H37N5O.HI/c1-6-25-24(28-19(4)22-10-8-7-9-17(22)2)26-15-21-11-13-29(14-12-21)16-23-27-18(3)20(5)30-23;/h7-10,19,21H,6,11-16H2,1-5H3,(H2,25,26,28);1H. The van der Waals surface area contributed by atoms with E-state index in [0.717, 1.165) is 68.9 Å². The van der Waals surface area contributed by atoms with Gasteiger partial charge >= 0.3 is 0 Å². The van der Waals surface area contributed by atoms with E-state index in [-0.39, 0.29) is 30.0 Å². The lowest BCUT2D eigenvalue weighted by molar-refractivity contribution is 0.166. The number of hydrogen-bond acceptors (Lipinski definition) is 4. The van der Waals surface area contributed by atoms with Crippen LogP contribution in [0.3, 0.4) is 0 Å². The molecule has 1 saturated heterocycles. The predicted octanol–water partition coefficient (Wildman–Crippen LogP) is 4.75. The van der Waals surface area contributed by atoms with E-state index in [2.05, 4.69) is 65.6 Å². The number of piperidine rings is 1. The normalized spacial score (nSPS) is 16.6. The molecule has 7 heteroatoms. The SMILES string of the molecule is CCNC(=NCC1CCN(Cc2nc(C)c(C)o2)CC1)NC(C)c1ccccc1C.I. The Morgan fingerprint density at radius 2 is 1.94 bits per heavy atom. The monoisotopic (exact) mass is 539 g/mol. The molecule has 0 aliphatic carbocycles. The molecule has 172 valence electrons. The number of nitrogens with one attached hydrogen (secondary N) is 2. The molecule has 2 heterocycles. The van der Waals surface area contributed by atoms with E-state index < -0.39 is 0 Å². The minimum absolute atomic E-state index is 0. The van der Waals surface area contributed by atoms with Crippen LogP contribution in [-0.2, 0) is 6.54 Å². The van der Waals surface area contributed by atoms with Gasteiger partial charge in [-0.3, -0.25) is 9.89 Å². The van der Waals surface area contributed by atoms with Crippen molar-refractivity contribution in [3.05, 3.63) is 52.7 Å². The third-order valence-electron chi connectivity index (χ3n) is 6.00. The Morgan fingerprint density at radius 1 is 1.23 bits per heavy atom. The van der Waals surface area contributed by atoms with E-state index in [4.69, 9.17) is 9.41 Å². The van der Waals surface area contributed by atoms with Crippen molar-refractivity contribution in [1.29, 1.82) is 0 Å². The summed E-state index contributed by atoms with van der Waals surface area (Å²) in [5, 5.41) is 6.97. The molecule has 1 fully saturated rings. The van der Waals surface area contributed by atoms with Gasteiger partial charge in [-0.05, 0) is 77.6 Å². The highest BCUT2D eigenvalue weighted by Gasteiger charge is 2.21. The summed E-state index contributed by atoms with van der Waals surface area (Å²) < 4.78 is 5.74. The lowest BCUT2D eigenvalue weighted by atomic mass is 9.97. The van der Waals surface area contributed by atoms with Gasteiger partial charge in [0.15, 0.2) is 5.96 Å². The Morgan fingerprint density at radius 3 is 2.55 bits per heavy atom. The number of oxazole rings is 1. The first-order chi connectivity index (χ1) is 14.5. The summed E-state index contributed by atoms with van der Waals surface area (Å²) in [7, 11) is 0. The van der Waals surface area contributed by atoms with Crippen LogP contribution >= 0.6 is 24.0 Å². The zero-order valence-electron chi connectivity index (χ0n) is 19.6. The molecule has 0 radical (unpaired) electrons. The molecule has 0 saturated carbocycles. The van der Waals surface area contributed by atoms with Crippen molar-refractivity contribution in [2.45, 2.75) is 60.0 Å². The number of aliphatic imine (C=N–C) groups is 1. The summed E-state index contributed by atoms with van der Waals surface area (Å²) in [4.78, 5) is 11.9. The van der Waals surface area contributed by atoms with Crippen molar-refractivity contribution in [1.82, 2.24) is 20.5 Å². The smallest absolute Gasteiger partial charge is 0.208 e. The van der Waals surface area contributed by atoms with Gasteiger partial charge in [-0.15, -0.1) is 24.0 Å². The minimum atomic E-state index is 0. The lowest BCUT2D eigenvalue weighted by Gasteiger charge is -2.30. The number of likely N-dealkylation sites (tertiary alicyclic amines) is 1. The average Bonchev–Trinajstić information content (AvgIpc) is 3.04. The van der Waals surface area contributed by atoms with E-state index >= 15 is 0 Å². The van der Waals surface area contributed by atoms with E-state index in [1.54, 1.807) is 0 Å². The molecular formula is C24H38IN5O. The number of benzene rings is 1. The number of aryl methyl sites for hydroxylation is 3. The predicted molar refractivity (Wildman–Crippen MR) is 138 cm³/mol. The number of guanidine groups is 1. The van der Waals surface area contributed by atoms with Gasteiger partial charge < -0.3 is 15.1 Å². The molecule has 0 spiro atoms. The van der Waals surface area contributed by atoms with Crippen molar-refractivity contribution in [2.24, 2.45) is 10.9 Å². The first-order valence-electron chi connectivity index (χ1n) is 11.2. The molecule has 6 nitrogen and oxygen atoms in total. The Labute approximate surface area is 204 Å². The highest BCUT2D eigenvalue weighted by Crippen LogP contribution is 2.20. The Bertz CT molecular complexity index is 823. The highest BCUT2D eigenvalue weighted by molar-refractivity contribution is 14.0. The van der Waals surface area contributed by atoms with Gasteiger partial charge in [-0.1, -0.05) is 24.3 Å². The van der Waals surface area contributed by atoms with Crippen LogP contribution < -0.4 is 10.6 Å². The van der Waals surface area contributed by atoms with Gasteiger partial charge in [0.1, 0.15) is 5.76 Å². The van der Waals surface area contributed by atoms with Crippen molar-refractivity contribution >= 4 is 29.9 Å². The Balaban J connectivity index is 0.00000341. The number of halogens is 1. The van der Waals surface area contributed by atoms with Crippen LogP contribution in [0.2, 0.25) is 0 Å². The van der Waals surface area contributed by atoms with Crippen LogP contribution in [0.4, 0.5) is 0 Å². The molecular weight excluding hydrogens is 501 g/mol. The van der Waals surface area contributed by atoms with Gasteiger partial charge in [0.05, 0.1) is 18.3 Å². The summed E-state index contributed by atoms with van der Waals surface area (Å²) in [6.07, 6.45) is 2.32. The second-order valence-electron chi connectivity index (χ2n) is 8.41. The van der Waals surface area contributed by atoms with Gasteiger partial charge in [-0.2, -0.15) is 0 Å². The molecule has 1 aromatic carbocycles. The molecule has 1 unspecified atom stereocenters. The average molecular weight is 540 g/mol. The third-order valence-corrected chi connectivity index (χ3v) is 6.00. The van der Waals surface area contributed by atoms with Gasteiger partial charge in [0, 0.05) is 13.1 Å². The second-order valence-corrected chi connectivity index (χ2v) is 8.41. The van der Waals surface area contributed by atoms with E-state index in [1.165, 1.54) is 11.1 Å². The number of nitrogens with zero attached hydrogens (tertiary/aromatic N) is 3. The zero-order valence-corrected chi connectivity index (χ0v) is 21.9. The molecule has 1 aliphatic rings. The first kappa shape index (κ1) is 25.6. The maximum atomic E-state index is 5.74. The first-order valence-corrected chi connectivity index (χ1v) is 11.2. The van der Waals surface area contributed by atoms with Crippen molar-refractivity contribution < 1.29 is 4.42 Å². The molecule has 1 atom stereocenters. The van der Waals surface area contributed by atoms with Crippen molar-refractivity contribution in [3.8, 4) is 0 Å². The van der Waals surface area contributed by atoms with Crippen molar-refractivity contribution in [3.63, 3.8) is 0 Å². The highest BCUT2D eigenvalue weighted by atomic mass is 127. The summed E-state index contributed by atoms with van der Waals surface area (Å²) >= 11 is 0. The maximum absolute atomic E-state index is 5.74. The molecule has 2 aromatic rings. The Kier molecular flexibility index (Phi) is 10.3. The quantitative estimate of drug-likeness (QED) is 0.302. The summed E-state index contributed by atoms with van der Waals surface area (Å²) in [5.41, 5.74) is 3.61. The molecule has 2 N–H and O–H groups in total. The third kappa shape index (κ3) is 7.49. The largest absolute Gasteiger partial charge is 0.444 e. The summed E-state index contributed by atoms with van der Waals surface area (Å²) in [6, 6.07) is 8.74. The molecule has 3 rings (SSSR count). The van der Waals surface area contributed by atoms with Crippen LogP contribution in [0.25, 0.3) is 0 Å². The molecule has 31 heavy (non-hydrogen) atoms. The molecule has 0 amide bonds. The lowest BCUT2D eigenvalue weighted by Crippen LogP contribution is -2.40. The molecule has 0 bridgehead atoms. The molecule has 1 aromatic heterocycles. The minimum Gasteiger partial charge on any atom is -0.444 e. The fourth-order valence-corrected chi connectivity index (χ4v) is 4.02. The van der Waals surface area contributed by atoms with Crippen LogP contribution in [0.15, 0.2) is 33.7 Å². The summed E-state index contributed by atoms with van der Waals surface area (Å²) in [5.74, 6) is 3.29. The van der Waals surface area contributed by atoms with Gasteiger partial charge in [0.25, 0.3) is 0 Å². The van der Waals surface area contributed by atoms with Crippen LogP contribution in [0.5, 0.6) is 0 Å². The van der Waals surface area contributed by atoms with Crippen molar-refractivity contribution in [2.75, 3.05) is 26.2 Å². The Hall–Kier alpha value is -1.61. The van der Waals surface area contributed by atoms with Gasteiger partial charge in [0.2, 0.25) is 5.89 Å². The fourth-order valence-electron chi connectivity index (χ4n) is 4.02. The topological polar surface area (TPSA) is 65.7 Å². The van der Waals surface area contributed by atoms with Gasteiger partial charge in [-0.25, -0.2) is 4.98 Å².